The van der Waals surface area contributed by atoms with Crippen molar-refractivity contribution in [1.29, 1.82) is 0 Å². The van der Waals surface area contributed by atoms with Crippen molar-refractivity contribution in [3.63, 3.8) is 0 Å². The van der Waals surface area contributed by atoms with E-state index >= 15 is 0 Å². The van der Waals surface area contributed by atoms with Gasteiger partial charge in [-0.15, -0.1) is 0 Å². The molecule has 1 aromatic heterocycles. The lowest BCUT2D eigenvalue weighted by molar-refractivity contribution is -0.127. The average molecular weight is 303 g/mol. The molecule has 0 aliphatic carbocycles. The molecule has 118 valence electrons. The van der Waals surface area contributed by atoms with Crippen LogP contribution in [-0.4, -0.2) is 18.9 Å². The van der Waals surface area contributed by atoms with Crippen LogP contribution < -0.4 is 16.1 Å². The van der Waals surface area contributed by atoms with Gasteiger partial charge in [0.25, 0.3) is 0 Å². The fraction of sp³-hybridized carbons (Fsp3) is 0.412. The first-order chi connectivity index (χ1) is 10.2. The molecule has 0 aliphatic rings. The Kier molecular flexibility index (Phi) is 4.37. The number of benzene rings is 1. The van der Waals surface area contributed by atoms with E-state index in [4.69, 9.17) is 14.9 Å². The molecule has 1 unspecified atom stereocenters. The fourth-order valence-electron chi connectivity index (χ4n) is 2.39. The van der Waals surface area contributed by atoms with E-state index in [9.17, 15) is 9.59 Å². The van der Waals surface area contributed by atoms with E-state index < -0.39 is 17.1 Å². The van der Waals surface area contributed by atoms with Crippen molar-refractivity contribution in [3.05, 3.63) is 40.2 Å². The zero-order valence-corrected chi connectivity index (χ0v) is 13.3. The summed E-state index contributed by atoms with van der Waals surface area (Å²) in [5.74, 6) is 0.560. The van der Waals surface area contributed by atoms with E-state index in [1.54, 1.807) is 25.3 Å². The van der Waals surface area contributed by atoms with Crippen molar-refractivity contribution in [3.8, 4) is 5.75 Å². The van der Waals surface area contributed by atoms with Gasteiger partial charge in [-0.1, -0.05) is 20.8 Å². The molecule has 1 aromatic carbocycles. The second-order valence-electron chi connectivity index (χ2n) is 6.38. The molecule has 0 spiro atoms. The van der Waals surface area contributed by atoms with E-state index in [0.29, 0.717) is 23.3 Å². The lowest BCUT2D eigenvalue weighted by Crippen LogP contribution is -2.40. The zero-order valence-electron chi connectivity index (χ0n) is 13.3. The van der Waals surface area contributed by atoms with Gasteiger partial charge in [0, 0.05) is 22.9 Å². The van der Waals surface area contributed by atoms with Gasteiger partial charge in [-0.3, -0.25) is 4.79 Å². The molecule has 0 fully saturated rings. The summed E-state index contributed by atoms with van der Waals surface area (Å²) in [5.41, 5.74) is 6.18. The Labute approximate surface area is 129 Å². The van der Waals surface area contributed by atoms with Gasteiger partial charge < -0.3 is 14.9 Å². The third-order valence-electron chi connectivity index (χ3n) is 3.55. The molecule has 2 rings (SSSR count). The molecule has 2 N–H and O–H groups in total. The van der Waals surface area contributed by atoms with Crippen LogP contribution in [0.3, 0.4) is 0 Å². The molecule has 0 saturated heterocycles. The number of carbonyl (C=O) groups is 1. The van der Waals surface area contributed by atoms with Crippen molar-refractivity contribution >= 4 is 16.8 Å². The SMILES string of the molecule is COc1ccc2c(CC(N)C(=O)C(C)(C)C)cc(=O)oc2c1. The van der Waals surface area contributed by atoms with Crippen LogP contribution in [-0.2, 0) is 11.2 Å². The molecule has 5 heteroatoms. The van der Waals surface area contributed by atoms with Crippen molar-refractivity contribution in [1.82, 2.24) is 0 Å². The number of Topliss-reactive ketones (excluding diaryl/α,β-unsaturated/α-hetero) is 1. The van der Waals surface area contributed by atoms with Crippen LogP contribution in [0.25, 0.3) is 11.0 Å². The summed E-state index contributed by atoms with van der Waals surface area (Å²) >= 11 is 0. The molecule has 0 amide bonds. The number of rotatable bonds is 4. The first kappa shape index (κ1) is 16.2. The monoisotopic (exact) mass is 303 g/mol. The number of hydrogen-bond acceptors (Lipinski definition) is 5. The van der Waals surface area contributed by atoms with E-state index in [1.807, 2.05) is 20.8 Å². The van der Waals surface area contributed by atoms with Crippen molar-refractivity contribution in [2.75, 3.05) is 7.11 Å². The molecular weight excluding hydrogens is 282 g/mol. The first-order valence-electron chi connectivity index (χ1n) is 7.13. The van der Waals surface area contributed by atoms with Crippen molar-refractivity contribution in [2.45, 2.75) is 33.2 Å². The smallest absolute Gasteiger partial charge is 0.336 e. The van der Waals surface area contributed by atoms with Crippen LogP contribution in [0.5, 0.6) is 5.75 Å². The lowest BCUT2D eigenvalue weighted by atomic mass is 9.84. The minimum Gasteiger partial charge on any atom is -0.497 e. The van der Waals surface area contributed by atoms with Crippen LogP contribution in [0.4, 0.5) is 0 Å². The number of hydrogen-bond donors (Lipinski definition) is 1. The number of nitrogens with two attached hydrogens (primary N) is 1. The highest BCUT2D eigenvalue weighted by molar-refractivity contribution is 5.90. The van der Waals surface area contributed by atoms with Gasteiger partial charge in [0.05, 0.1) is 13.2 Å². The number of fused-ring (bicyclic) bond motifs is 1. The topological polar surface area (TPSA) is 82.5 Å². The highest BCUT2D eigenvalue weighted by Gasteiger charge is 2.27. The normalized spacial score (nSPS) is 13.1. The predicted molar refractivity (Wildman–Crippen MR) is 85.2 cm³/mol. The maximum absolute atomic E-state index is 12.2. The second-order valence-corrected chi connectivity index (χ2v) is 6.38. The number of methoxy groups -OCH3 is 1. The van der Waals surface area contributed by atoms with E-state index in [0.717, 1.165) is 5.39 Å². The summed E-state index contributed by atoms with van der Waals surface area (Å²) < 4.78 is 10.3. The van der Waals surface area contributed by atoms with Gasteiger partial charge in [-0.2, -0.15) is 0 Å². The molecule has 0 saturated carbocycles. The van der Waals surface area contributed by atoms with Gasteiger partial charge in [0.15, 0.2) is 5.78 Å². The van der Waals surface area contributed by atoms with Crippen LogP contribution in [0.15, 0.2) is 33.5 Å². The maximum atomic E-state index is 12.2. The Hall–Kier alpha value is -2.14. The molecule has 5 nitrogen and oxygen atoms in total. The predicted octanol–water partition coefficient (Wildman–Crippen LogP) is 2.29. The minimum absolute atomic E-state index is 0.0394. The summed E-state index contributed by atoms with van der Waals surface area (Å²) in [6.45, 7) is 5.49. The summed E-state index contributed by atoms with van der Waals surface area (Å²) in [4.78, 5) is 24.0. The molecule has 22 heavy (non-hydrogen) atoms. The molecule has 1 heterocycles. The van der Waals surface area contributed by atoms with E-state index in [2.05, 4.69) is 0 Å². The van der Waals surface area contributed by atoms with Gasteiger partial charge in [0.1, 0.15) is 11.3 Å². The lowest BCUT2D eigenvalue weighted by Gasteiger charge is -2.22. The summed E-state index contributed by atoms with van der Waals surface area (Å²) in [5, 5.41) is 0.762. The average Bonchev–Trinajstić information content (AvgIpc) is 2.44. The van der Waals surface area contributed by atoms with E-state index in [-0.39, 0.29) is 5.78 Å². The Morgan fingerprint density at radius 1 is 1.32 bits per heavy atom. The quantitative estimate of drug-likeness (QED) is 0.876. The van der Waals surface area contributed by atoms with Crippen LogP contribution in [0.1, 0.15) is 26.3 Å². The Bertz CT molecular complexity index is 755. The highest BCUT2D eigenvalue weighted by Crippen LogP contribution is 2.24. The van der Waals surface area contributed by atoms with Gasteiger partial charge in [0.2, 0.25) is 0 Å². The minimum atomic E-state index is -0.660. The number of ketones is 1. The third kappa shape index (κ3) is 3.36. The Morgan fingerprint density at radius 2 is 2.00 bits per heavy atom. The van der Waals surface area contributed by atoms with Gasteiger partial charge >= 0.3 is 5.63 Å². The second kappa shape index (κ2) is 5.93. The number of ether oxygens (including phenoxy) is 1. The number of carbonyl (C=O) groups excluding carboxylic acids is 1. The largest absolute Gasteiger partial charge is 0.497 e. The highest BCUT2D eigenvalue weighted by atomic mass is 16.5. The van der Waals surface area contributed by atoms with Gasteiger partial charge in [-0.25, -0.2) is 4.79 Å². The van der Waals surface area contributed by atoms with Crippen LogP contribution >= 0.6 is 0 Å². The molecular formula is C17H21NO4. The molecule has 0 radical (unpaired) electrons. The van der Waals surface area contributed by atoms with Crippen LogP contribution in [0.2, 0.25) is 0 Å². The molecule has 1 atom stereocenters. The summed E-state index contributed by atoms with van der Waals surface area (Å²) in [6, 6.07) is 5.97. The molecule has 0 bridgehead atoms. The summed E-state index contributed by atoms with van der Waals surface area (Å²) in [6.07, 6.45) is 0.296. The van der Waals surface area contributed by atoms with E-state index in [1.165, 1.54) is 6.07 Å². The Balaban J connectivity index is 2.43. The standard InChI is InChI=1S/C17H21NO4/c1-17(2,3)16(20)13(18)7-10-8-15(19)22-14-9-11(21-4)5-6-12(10)14/h5-6,8-9,13H,7,18H2,1-4H3. The van der Waals surface area contributed by atoms with Crippen LogP contribution in [0, 0.1) is 5.41 Å². The molecule has 2 aromatic rings. The maximum Gasteiger partial charge on any atom is 0.336 e. The first-order valence-corrected chi connectivity index (χ1v) is 7.13. The Morgan fingerprint density at radius 3 is 2.59 bits per heavy atom. The third-order valence-corrected chi connectivity index (χ3v) is 3.55. The van der Waals surface area contributed by atoms with Crippen molar-refractivity contribution in [2.24, 2.45) is 11.1 Å². The van der Waals surface area contributed by atoms with Gasteiger partial charge in [-0.05, 0) is 24.1 Å². The fourth-order valence-corrected chi connectivity index (χ4v) is 2.39. The van der Waals surface area contributed by atoms with Crippen molar-refractivity contribution < 1.29 is 13.9 Å². The summed E-state index contributed by atoms with van der Waals surface area (Å²) in [7, 11) is 1.54. The zero-order chi connectivity index (χ0) is 16.5. The molecule has 0 aliphatic heterocycles.